The minimum absolute atomic E-state index is 0.537. The van der Waals surface area contributed by atoms with Crippen molar-refractivity contribution in [3.63, 3.8) is 0 Å². The fourth-order valence-corrected chi connectivity index (χ4v) is 2.37. The summed E-state index contributed by atoms with van der Waals surface area (Å²) in [5.41, 5.74) is 8.20. The first-order valence-corrected chi connectivity index (χ1v) is 7.66. The molecule has 4 nitrogen and oxygen atoms in total. The molecule has 1 heterocycles. The Hall–Kier alpha value is -2.23. The van der Waals surface area contributed by atoms with Crippen molar-refractivity contribution in [1.29, 1.82) is 0 Å². The number of hydrazone groups is 1. The zero-order chi connectivity index (χ0) is 16.1. The summed E-state index contributed by atoms with van der Waals surface area (Å²) in [7, 11) is 0. The van der Waals surface area contributed by atoms with Crippen LogP contribution in [0, 0.1) is 19.8 Å². The van der Waals surface area contributed by atoms with E-state index in [0.29, 0.717) is 11.9 Å². The molecule has 0 fully saturated rings. The third kappa shape index (κ3) is 4.65. The molecule has 2 aromatic rings. The summed E-state index contributed by atoms with van der Waals surface area (Å²) >= 11 is 0. The summed E-state index contributed by atoms with van der Waals surface area (Å²) < 4.78 is 0. The van der Waals surface area contributed by atoms with Gasteiger partial charge in [0.15, 0.2) is 0 Å². The van der Waals surface area contributed by atoms with Crippen molar-refractivity contribution in [3.05, 3.63) is 52.8 Å². The SMILES string of the molecule is CC(=NNc1nc(C)cc(C)n1)c1cccc(CC(C)C)c1. The molecule has 0 amide bonds. The Kier molecular flexibility index (Phi) is 5.26. The largest absolute Gasteiger partial charge is 0.245 e. The highest BCUT2D eigenvalue weighted by Crippen LogP contribution is 2.12. The lowest BCUT2D eigenvalue weighted by atomic mass is 10.00. The van der Waals surface area contributed by atoms with Crippen LogP contribution in [0.5, 0.6) is 0 Å². The van der Waals surface area contributed by atoms with Crippen LogP contribution in [-0.4, -0.2) is 15.7 Å². The molecule has 0 spiro atoms. The van der Waals surface area contributed by atoms with Crippen molar-refractivity contribution in [3.8, 4) is 0 Å². The molecule has 0 saturated heterocycles. The van der Waals surface area contributed by atoms with Gasteiger partial charge in [0, 0.05) is 11.4 Å². The number of aryl methyl sites for hydroxylation is 2. The van der Waals surface area contributed by atoms with Crippen LogP contribution in [0.15, 0.2) is 35.4 Å². The highest BCUT2D eigenvalue weighted by Gasteiger charge is 2.03. The molecule has 1 N–H and O–H groups in total. The number of hydrogen-bond acceptors (Lipinski definition) is 4. The molecule has 1 aromatic carbocycles. The molecule has 22 heavy (non-hydrogen) atoms. The normalized spacial score (nSPS) is 11.8. The summed E-state index contributed by atoms with van der Waals surface area (Å²) in [6.45, 7) is 10.3. The second kappa shape index (κ2) is 7.16. The first kappa shape index (κ1) is 16.1. The smallest absolute Gasteiger partial charge is 0.243 e. The van der Waals surface area contributed by atoms with Crippen molar-refractivity contribution in [2.75, 3.05) is 5.43 Å². The third-order valence-corrected chi connectivity index (χ3v) is 3.29. The summed E-state index contributed by atoms with van der Waals surface area (Å²) in [6, 6.07) is 10.5. The predicted molar refractivity (Wildman–Crippen MR) is 92.3 cm³/mol. The lowest BCUT2D eigenvalue weighted by Gasteiger charge is -2.08. The van der Waals surface area contributed by atoms with Crippen molar-refractivity contribution < 1.29 is 0 Å². The number of hydrogen-bond donors (Lipinski definition) is 1. The number of anilines is 1. The van der Waals surface area contributed by atoms with Crippen LogP contribution < -0.4 is 5.43 Å². The van der Waals surface area contributed by atoms with E-state index in [9.17, 15) is 0 Å². The summed E-state index contributed by atoms with van der Waals surface area (Å²) in [5.74, 6) is 1.18. The van der Waals surface area contributed by atoms with Crippen LogP contribution in [-0.2, 0) is 6.42 Å². The van der Waals surface area contributed by atoms with Crippen LogP contribution in [0.1, 0.15) is 43.3 Å². The number of rotatable bonds is 5. The molecular weight excluding hydrogens is 272 g/mol. The van der Waals surface area contributed by atoms with E-state index in [0.717, 1.165) is 29.1 Å². The first-order valence-electron chi connectivity index (χ1n) is 7.66. The number of nitrogens with zero attached hydrogens (tertiary/aromatic N) is 3. The zero-order valence-electron chi connectivity index (χ0n) is 14.0. The summed E-state index contributed by atoms with van der Waals surface area (Å²) in [6.07, 6.45) is 1.08. The van der Waals surface area contributed by atoms with Crippen molar-refractivity contribution in [1.82, 2.24) is 9.97 Å². The number of aromatic nitrogens is 2. The molecule has 2 rings (SSSR count). The molecule has 0 aliphatic rings. The van der Waals surface area contributed by atoms with Crippen LogP contribution in [0.4, 0.5) is 5.95 Å². The molecule has 0 aliphatic heterocycles. The molecule has 0 unspecified atom stereocenters. The number of benzene rings is 1. The Bertz CT molecular complexity index is 654. The van der Waals surface area contributed by atoms with Gasteiger partial charge in [0.2, 0.25) is 5.95 Å². The topological polar surface area (TPSA) is 50.2 Å². The minimum atomic E-state index is 0.537. The molecule has 0 atom stereocenters. The van der Waals surface area contributed by atoms with Gasteiger partial charge in [0.05, 0.1) is 5.71 Å². The van der Waals surface area contributed by atoms with E-state index in [1.807, 2.05) is 26.8 Å². The maximum Gasteiger partial charge on any atom is 0.243 e. The molecule has 0 saturated carbocycles. The van der Waals surface area contributed by atoms with Gasteiger partial charge in [-0.3, -0.25) is 0 Å². The second-order valence-electron chi connectivity index (χ2n) is 6.08. The Morgan fingerprint density at radius 2 is 1.82 bits per heavy atom. The molecular formula is C18H24N4. The van der Waals surface area contributed by atoms with E-state index in [2.05, 4.69) is 58.6 Å². The highest BCUT2D eigenvalue weighted by molar-refractivity contribution is 5.99. The van der Waals surface area contributed by atoms with Crippen LogP contribution in [0.3, 0.4) is 0 Å². The molecule has 0 radical (unpaired) electrons. The van der Waals surface area contributed by atoms with Crippen molar-refractivity contribution in [2.45, 2.75) is 41.0 Å². The fourth-order valence-electron chi connectivity index (χ4n) is 2.37. The average Bonchev–Trinajstić information content (AvgIpc) is 2.43. The van der Waals surface area contributed by atoms with Crippen LogP contribution in [0.25, 0.3) is 0 Å². The van der Waals surface area contributed by atoms with Gasteiger partial charge in [-0.05, 0) is 56.4 Å². The quantitative estimate of drug-likeness (QED) is 0.666. The third-order valence-electron chi connectivity index (χ3n) is 3.29. The Labute approximate surface area is 132 Å². The van der Waals surface area contributed by atoms with Crippen molar-refractivity contribution in [2.24, 2.45) is 11.0 Å². The standard InChI is InChI=1S/C18H24N4/c1-12(2)9-16-7-6-8-17(11-16)15(5)21-22-18-19-13(3)10-14(4)20-18/h6-8,10-12H,9H2,1-5H3,(H,19,20,22). The molecule has 1 aromatic heterocycles. The predicted octanol–water partition coefficient (Wildman–Crippen LogP) is 4.13. The van der Waals surface area contributed by atoms with Gasteiger partial charge >= 0.3 is 0 Å². The molecule has 0 aliphatic carbocycles. The van der Waals surface area contributed by atoms with E-state index in [1.54, 1.807) is 0 Å². The lowest BCUT2D eigenvalue weighted by Crippen LogP contribution is -2.04. The lowest BCUT2D eigenvalue weighted by molar-refractivity contribution is 0.647. The highest BCUT2D eigenvalue weighted by atomic mass is 15.4. The fraction of sp³-hybridized carbons (Fsp3) is 0.389. The molecule has 4 heteroatoms. The van der Waals surface area contributed by atoms with Gasteiger partial charge in [0.1, 0.15) is 0 Å². The van der Waals surface area contributed by atoms with Gasteiger partial charge in [-0.15, -0.1) is 0 Å². The average molecular weight is 296 g/mol. The Morgan fingerprint density at radius 1 is 1.14 bits per heavy atom. The van der Waals surface area contributed by atoms with E-state index in [-0.39, 0.29) is 0 Å². The van der Waals surface area contributed by atoms with Gasteiger partial charge in [-0.2, -0.15) is 5.10 Å². The maximum absolute atomic E-state index is 4.41. The van der Waals surface area contributed by atoms with Gasteiger partial charge in [0.25, 0.3) is 0 Å². The molecule has 116 valence electrons. The van der Waals surface area contributed by atoms with Crippen LogP contribution in [0.2, 0.25) is 0 Å². The zero-order valence-corrected chi connectivity index (χ0v) is 14.0. The Balaban J connectivity index is 2.14. The van der Waals surface area contributed by atoms with E-state index in [4.69, 9.17) is 0 Å². The van der Waals surface area contributed by atoms with Crippen molar-refractivity contribution >= 4 is 11.7 Å². The van der Waals surface area contributed by atoms with Gasteiger partial charge in [-0.1, -0.05) is 32.0 Å². The second-order valence-corrected chi connectivity index (χ2v) is 6.08. The molecule has 0 bridgehead atoms. The minimum Gasteiger partial charge on any atom is -0.245 e. The van der Waals surface area contributed by atoms with E-state index in [1.165, 1.54) is 5.56 Å². The summed E-state index contributed by atoms with van der Waals surface area (Å²) in [4.78, 5) is 8.65. The maximum atomic E-state index is 4.41. The number of nitrogens with one attached hydrogen (secondary N) is 1. The van der Waals surface area contributed by atoms with Gasteiger partial charge < -0.3 is 0 Å². The first-order chi connectivity index (χ1) is 10.4. The summed E-state index contributed by atoms with van der Waals surface area (Å²) in [5, 5.41) is 4.41. The van der Waals surface area contributed by atoms with E-state index < -0.39 is 0 Å². The Morgan fingerprint density at radius 3 is 2.45 bits per heavy atom. The van der Waals surface area contributed by atoms with Gasteiger partial charge in [-0.25, -0.2) is 15.4 Å². The van der Waals surface area contributed by atoms with Crippen LogP contribution >= 0.6 is 0 Å². The van der Waals surface area contributed by atoms with E-state index >= 15 is 0 Å². The monoisotopic (exact) mass is 296 g/mol.